The van der Waals surface area contributed by atoms with Crippen LogP contribution < -0.4 is 10.1 Å². The highest BCUT2D eigenvalue weighted by Gasteiger charge is 2.31. The number of benzene rings is 2. The molecule has 4 nitrogen and oxygen atoms in total. The molecule has 1 aliphatic rings. The Kier molecular flexibility index (Phi) is 5.56. The minimum atomic E-state index is 0.311. The van der Waals surface area contributed by atoms with Crippen LogP contribution in [0.4, 0.5) is 11.5 Å². The number of hydrogen-bond donors (Lipinski definition) is 1. The normalized spacial score (nSPS) is 16.1. The van der Waals surface area contributed by atoms with Gasteiger partial charge >= 0.3 is 0 Å². The Bertz CT molecular complexity index is 1260. The summed E-state index contributed by atoms with van der Waals surface area (Å²) in [4.78, 5) is 11.7. The van der Waals surface area contributed by atoms with E-state index in [4.69, 9.17) is 16.3 Å². The fraction of sp³-hybridized carbons (Fsp3) is 0.308. The smallest absolute Gasteiger partial charge is 0.151 e. The maximum absolute atomic E-state index is 6.33. The molecule has 0 saturated heterocycles. The van der Waals surface area contributed by atoms with E-state index in [1.54, 1.807) is 17.7 Å². The number of nitrogens with zero attached hydrogens (tertiary/aromatic N) is 2. The van der Waals surface area contributed by atoms with Crippen molar-refractivity contribution in [3.8, 4) is 11.5 Å². The predicted molar refractivity (Wildman–Crippen MR) is 134 cm³/mol. The summed E-state index contributed by atoms with van der Waals surface area (Å²) in [5, 5.41) is 5.27. The summed E-state index contributed by atoms with van der Waals surface area (Å²) in [7, 11) is 0. The fourth-order valence-electron chi connectivity index (χ4n) is 4.38. The molecule has 2 aromatic carbocycles. The van der Waals surface area contributed by atoms with Crippen LogP contribution in [0.3, 0.4) is 0 Å². The largest absolute Gasteiger partial charge is 0.455 e. The molecular weight excluding hydrogens is 438 g/mol. The number of rotatable bonds is 4. The number of thiophene rings is 1. The van der Waals surface area contributed by atoms with E-state index in [1.165, 1.54) is 16.9 Å². The molecule has 1 aliphatic carbocycles. The van der Waals surface area contributed by atoms with Crippen LogP contribution >= 0.6 is 22.9 Å². The Hall–Kier alpha value is -2.63. The molecular formula is C26H26ClN3OS. The van der Waals surface area contributed by atoms with Gasteiger partial charge in [0.1, 0.15) is 22.7 Å². The molecule has 0 bridgehead atoms. The third kappa shape index (κ3) is 4.19. The van der Waals surface area contributed by atoms with Crippen molar-refractivity contribution in [2.45, 2.75) is 40.0 Å². The standard InChI is InChI=1S/C26H26ClN3OS/c1-26(2,3)16-9-11-19-22(13-16)32-25-23(19)24(28-15-29-25)30-20-14-17(27)10-12-21(20)31-18-7-5-4-6-8-18/h4-8,10,12,14-16H,9,11,13H2,1-3H3,(H,28,29,30). The van der Waals surface area contributed by atoms with Crippen molar-refractivity contribution in [3.05, 3.63) is 70.3 Å². The maximum atomic E-state index is 6.33. The molecule has 5 rings (SSSR count). The lowest BCUT2D eigenvalue weighted by Crippen LogP contribution is -2.26. The van der Waals surface area contributed by atoms with Crippen LogP contribution in [0.15, 0.2) is 54.9 Å². The van der Waals surface area contributed by atoms with Gasteiger partial charge in [0.25, 0.3) is 0 Å². The monoisotopic (exact) mass is 463 g/mol. The molecule has 32 heavy (non-hydrogen) atoms. The van der Waals surface area contributed by atoms with Crippen LogP contribution in [0.5, 0.6) is 11.5 Å². The average Bonchev–Trinajstić information content (AvgIpc) is 3.14. The third-order valence-electron chi connectivity index (χ3n) is 6.24. The number of halogens is 1. The van der Waals surface area contributed by atoms with Gasteiger partial charge in [-0.2, -0.15) is 0 Å². The predicted octanol–water partition coefficient (Wildman–Crippen LogP) is 8.03. The molecule has 1 atom stereocenters. The number of fused-ring (bicyclic) bond motifs is 3. The van der Waals surface area contributed by atoms with E-state index in [1.807, 2.05) is 48.5 Å². The number of nitrogens with one attached hydrogen (secondary N) is 1. The van der Waals surface area contributed by atoms with E-state index in [0.717, 1.165) is 40.3 Å². The summed E-state index contributed by atoms with van der Waals surface area (Å²) in [6.07, 6.45) is 4.99. The van der Waals surface area contributed by atoms with Crippen molar-refractivity contribution >= 4 is 44.7 Å². The Morgan fingerprint density at radius 1 is 1.09 bits per heavy atom. The van der Waals surface area contributed by atoms with Gasteiger partial charge in [-0.3, -0.25) is 0 Å². The first-order valence-corrected chi connectivity index (χ1v) is 12.1. The maximum Gasteiger partial charge on any atom is 0.151 e. The van der Waals surface area contributed by atoms with Gasteiger partial charge in [0, 0.05) is 9.90 Å². The van der Waals surface area contributed by atoms with Crippen LogP contribution in [0.2, 0.25) is 5.02 Å². The summed E-state index contributed by atoms with van der Waals surface area (Å²) < 4.78 is 6.13. The van der Waals surface area contributed by atoms with E-state index in [-0.39, 0.29) is 0 Å². The second-order valence-corrected chi connectivity index (χ2v) is 10.9. The van der Waals surface area contributed by atoms with Crippen molar-refractivity contribution in [3.63, 3.8) is 0 Å². The van der Waals surface area contributed by atoms with E-state index < -0.39 is 0 Å². The number of anilines is 2. The van der Waals surface area contributed by atoms with E-state index in [2.05, 4.69) is 36.1 Å². The van der Waals surface area contributed by atoms with E-state index in [0.29, 0.717) is 22.1 Å². The summed E-state index contributed by atoms with van der Waals surface area (Å²) in [5.74, 6) is 2.96. The van der Waals surface area contributed by atoms with Crippen LogP contribution in [-0.4, -0.2) is 9.97 Å². The molecule has 0 spiro atoms. The first-order valence-electron chi connectivity index (χ1n) is 10.9. The van der Waals surface area contributed by atoms with Crippen LogP contribution in [-0.2, 0) is 12.8 Å². The van der Waals surface area contributed by atoms with Crippen molar-refractivity contribution in [2.75, 3.05) is 5.32 Å². The first kappa shape index (κ1) is 21.2. The zero-order valence-corrected chi connectivity index (χ0v) is 20.1. The van der Waals surface area contributed by atoms with Crippen LogP contribution in [0.25, 0.3) is 10.2 Å². The number of hydrogen-bond acceptors (Lipinski definition) is 5. The van der Waals surface area contributed by atoms with Crippen LogP contribution in [0, 0.1) is 11.3 Å². The van der Waals surface area contributed by atoms with Gasteiger partial charge in [0.2, 0.25) is 0 Å². The quantitative estimate of drug-likeness (QED) is 0.332. The molecule has 6 heteroatoms. The molecule has 2 aromatic heterocycles. The van der Waals surface area contributed by atoms with Crippen LogP contribution in [0.1, 0.15) is 37.6 Å². The Morgan fingerprint density at radius 3 is 2.69 bits per heavy atom. The number of ether oxygens (including phenoxy) is 1. The molecule has 0 fully saturated rings. The van der Waals surface area contributed by atoms with E-state index in [9.17, 15) is 0 Å². The van der Waals surface area contributed by atoms with E-state index >= 15 is 0 Å². The Morgan fingerprint density at radius 2 is 1.91 bits per heavy atom. The van der Waals surface area contributed by atoms with Gasteiger partial charge in [-0.25, -0.2) is 9.97 Å². The van der Waals surface area contributed by atoms with Gasteiger partial charge < -0.3 is 10.1 Å². The molecule has 4 aromatic rings. The minimum absolute atomic E-state index is 0.311. The van der Waals surface area contributed by atoms with Gasteiger partial charge in [-0.05, 0) is 66.5 Å². The lowest BCUT2D eigenvalue weighted by Gasteiger charge is -2.33. The SMILES string of the molecule is CC(C)(C)C1CCc2c(sc3ncnc(Nc4cc(Cl)ccc4Oc4ccccc4)c23)C1. The third-order valence-corrected chi connectivity index (χ3v) is 7.63. The first-order chi connectivity index (χ1) is 15.4. The topological polar surface area (TPSA) is 47.0 Å². The molecule has 0 saturated carbocycles. The second-order valence-electron chi connectivity index (χ2n) is 9.39. The zero-order valence-electron chi connectivity index (χ0n) is 18.5. The lowest BCUT2D eigenvalue weighted by atomic mass is 9.72. The lowest BCUT2D eigenvalue weighted by molar-refractivity contribution is 0.218. The van der Waals surface area contributed by atoms with Gasteiger partial charge in [-0.1, -0.05) is 50.6 Å². The highest BCUT2D eigenvalue weighted by molar-refractivity contribution is 7.19. The Labute approximate surface area is 197 Å². The molecule has 0 radical (unpaired) electrons. The molecule has 1 N–H and O–H groups in total. The van der Waals surface area contributed by atoms with Crippen molar-refractivity contribution in [2.24, 2.45) is 11.3 Å². The summed E-state index contributed by atoms with van der Waals surface area (Å²) in [5.41, 5.74) is 2.48. The molecule has 164 valence electrons. The second kappa shape index (κ2) is 8.38. The minimum Gasteiger partial charge on any atom is -0.455 e. The van der Waals surface area contributed by atoms with Gasteiger partial charge in [0.15, 0.2) is 5.75 Å². The summed E-state index contributed by atoms with van der Waals surface area (Å²) in [6, 6.07) is 15.3. The molecule has 0 aliphatic heterocycles. The van der Waals surface area contributed by atoms with Crippen molar-refractivity contribution in [1.29, 1.82) is 0 Å². The number of para-hydroxylation sites is 1. The molecule has 1 unspecified atom stereocenters. The Balaban J connectivity index is 1.52. The summed E-state index contributed by atoms with van der Waals surface area (Å²) in [6.45, 7) is 7.03. The molecule has 2 heterocycles. The fourth-order valence-corrected chi connectivity index (χ4v) is 5.82. The van der Waals surface area contributed by atoms with Gasteiger partial charge in [-0.15, -0.1) is 11.3 Å². The summed E-state index contributed by atoms with van der Waals surface area (Å²) >= 11 is 8.14. The number of aryl methyl sites for hydroxylation is 1. The highest BCUT2D eigenvalue weighted by Crippen LogP contribution is 2.45. The molecule has 0 amide bonds. The van der Waals surface area contributed by atoms with Crippen molar-refractivity contribution in [1.82, 2.24) is 9.97 Å². The van der Waals surface area contributed by atoms with Crippen molar-refractivity contribution < 1.29 is 4.74 Å². The van der Waals surface area contributed by atoms with Gasteiger partial charge in [0.05, 0.1) is 11.1 Å². The number of aromatic nitrogens is 2. The average molecular weight is 464 g/mol. The highest BCUT2D eigenvalue weighted by atomic mass is 35.5. The zero-order chi connectivity index (χ0) is 22.3.